The lowest BCUT2D eigenvalue weighted by Crippen LogP contribution is -2.62. The first kappa shape index (κ1) is 16.7. The highest BCUT2D eigenvalue weighted by molar-refractivity contribution is 5.93. The Labute approximate surface area is 106 Å². The molecule has 0 rings (SSSR count). The predicted octanol–water partition coefficient (Wildman–Crippen LogP) is -1.41. The zero-order valence-corrected chi connectivity index (χ0v) is 10.6. The summed E-state index contributed by atoms with van der Waals surface area (Å²) in [5.41, 5.74) is 14.7. The lowest BCUT2D eigenvalue weighted by atomic mass is 9.93. The average molecular weight is 259 g/mol. The minimum Gasteiger partial charge on any atom is -0.391 e. The van der Waals surface area contributed by atoms with E-state index in [0.717, 1.165) is 0 Å². The first-order chi connectivity index (χ1) is 8.14. The molecule has 0 aromatic rings. The van der Waals surface area contributed by atoms with Crippen molar-refractivity contribution >= 4 is 11.9 Å². The van der Waals surface area contributed by atoms with Crippen LogP contribution in [-0.2, 0) is 14.3 Å². The van der Waals surface area contributed by atoms with Crippen LogP contribution in [-0.4, -0.2) is 34.9 Å². The van der Waals surface area contributed by atoms with E-state index < -0.39 is 35.7 Å². The first-order valence-corrected chi connectivity index (χ1v) is 5.53. The maximum Gasteiger partial charge on any atom is 0.348 e. The topological polar surface area (TPSA) is 142 Å². The van der Waals surface area contributed by atoms with Crippen LogP contribution in [0.25, 0.3) is 0 Å². The van der Waals surface area contributed by atoms with Crippen LogP contribution in [0.3, 0.4) is 0 Å². The Morgan fingerprint density at radius 1 is 1.44 bits per heavy atom. The van der Waals surface area contributed by atoms with E-state index in [1.54, 1.807) is 13.0 Å². The van der Waals surface area contributed by atoms with E-state index in [-0.39, 0.29) is 0 Å². The van der Waals surface area contributed by atoms with E-state index >= 15 is 0 Å². The lowest BCUT2D eigenvalue weighted by Gasteiger charge is -2.28. The molecule has 104 valence electrons. The molecular weight excluding hydrogens is 238 g/mol. The third kappa shape index (κ3) is 4.19. The van der Waals surface area contributed by atoms with Crippen LogP contribution in [0.4, 0.5) is 0 Å². The molecule has 0 radical (unpaired) electrons. The van der Waals surface area contributed by atoms with E-state index in [1.807, 2.05) is 0 Å². The Bertz CT molecular complexity index is 328. The van der Waals surface area contributed by atoms with E-state index in [2.05, 4.69) is 11.3 Å². The number of aliphatic hydroxyl groups excluding tert-OH is 1. The average Bonchev–Trinajstić information content (AvgIpc) is 2.27. The molecule has 18 heavy (non-hydrogen) atoms. The maximum absolute atomic E-state index is 11.7. The van der Waals surface area contributed by atoms with E-state index in [1.165, 1.54) is 6.92 Å². The van der Waals surface area contributed by atoms with Gasteiger partial charge in [-0.25, -0.2) is 9.59 Å². The standard InChI is InChI=1S/C11H21N3O4/c1-4-5-6(2)11(13,14)10(17)18-9(16)8(12)7(3)15/h4,6-8,15H,1,5,12-14H2,2-3H3/t6?,7-,8+/m1/s1. The highest BCUT2D eigenvalue weighted by atomic mass is 16.6. The van der Waals surface area contributed by atoms with Gasteiger partial charge in [-0.05, 0) is 13.3 Å². The summed E-state index contributed by atoms with van der Waals surface area (Å²) in [6.07, 6.45) is 0.801. The third-order valence-electron chi connectivity index (χ3n) is 2.67. The second-order valence-electron chi connectivity index (χ2n) is 4.33. The van der Waals surface area contributed by atoms with Gasteiger partial charge in [0.15, 0.2) is 5.66 Å². The van der Waals surface area contributed by atoms with Gasteiger partial charge in [-0.15, -0.1) is 6.58 Å². The summed E-state index contributed by atoms with van der Waals surface area (Å²) in [6.45, 7) is 6.43. The summed E-state index contributed by atoms with van der Waals surface area (Å²) in [6, 6.07) is -1.32. The van der Waals surface area contributed by atoms with Crippen molar-refractivity contribution in [3.63, 3.8) is 0 Å². The number of hydrogen-bond acceptors (Lipinski definition) is 7. The summed E-state index contributed by atoms with van der Waals surface area (Å²) >= 11 is 0. The molecule has 7 nitrogen and oxygen atoms in total. The van der Waals surface area contributed by atoms with Gasteiger partial charge in [-0.2, -0.15) is 0 Å². The van der Waals surface area contributed by atoms with Crippen LogP contribution < -0.4 is 17.2 Å². The van der Waals surface area contributed by atoms with Crippen LogP contribution in [0.15, 0.2) is 12.7 Å². The van der Waals surface area contributed by atoms with Crippen molar-refractivity contribution in [2.75, 3.05) is 0 Å². The largest absolute Gasteiger partial charge is 0.391 e. The molecule has 1 unspecified atom stereocenters. The Kier molecular flexibility index (Phi) is 6.13. The fourth-order valence-electron chi connectivity index (χ4n) is 1.09. The van der Waals surface area contributed by atoms with Gasteiger partial charge in [-0.1, -0.05) is 13.0 Å². The summed E-state index contributed by atoms with van der Waals surface area (Å²) in [4.78, 5) is 23.0. The summed E-state index contributed by atoms with van der Waals surface area (Å²) in [7, 11) is 0. The maximum atomic E-state index is 11.7. The summed E-state index contributed by atoms with van der Waals surface area (Å²) in [5.74, 6) is -2.61. The van der Waals surface area contributed by atoms with Crippen LogP contribution in [0.5, 0.6) is 0 Å². The second kappa shape index (κ2) is 6.60. The number of carbonyl (C=O) groups excluding carboxylic acids is 2. The zero-order chi connectivity index (χ0) is 14.5. The smallest absolute Gasteiger partial charge is 0.348 e. The van der Waals surface area contributed by atoms with Gasteiger partial charge in [-0.3, -0.25) is 0 Å². The molecule has 0 saturated heterocycles. The highest BCUT2D eigenvalue weighted by Gasteiger charge is 2.39. The molecular formula is C11H21N3O4. The third-order valence-corrected chi connectivity index (χ3v) is 2.67. The molecule has 0 aromatic heterocycles. The van der Waals surface area contributed by atoms with Crippen LogP contribution in [0.1, 0.15) is 20.3 Å². The Morgan fingerprint density at radius 2 is 1.94 bits per heavy atom. The molecule has 0 spiro atoms. The SMILES string of the molecule is C=CCC(C)C(N)(N)C(=O)OC(=O)[C@@H](N)[C@@H](C)O. The van der Waals surface area contributed by atoms with Gasteiger partial charge >= 0.3 is 11.9 Å². The molecule has 0 heterocycles. The molecule has 7 heteroatoms. The van der Waals surface area contributed by atoms with Crippen LogP contribution in [0.2, 0.25) is 0 Å². The number of aliphatic hydroxyl groups is 1. The number of rotatable bonds is 6. The number of hydrogen-bond donors (Lipinski definition) is 4. The van der Waals surface area contributed by atoms with Crippen molar-refractivity contribution in [1.29, 1.82) is 0 Å². The predicted molar refractivity (Wildman–Crippen MR) is 65.8 cm³/mol. The second-order valence-corrected chi connectivity index (χ2v) is 4.33. The fraction of sp³-hybridized carbons (Fsp3) is 0.636. The summed E-state index contributed by atoms with van der Waals surface area (Å²) in [5, 5.41) is 9.09. The lowest BCUT2D eigenvalue weighted by molar-refractivity contribution is -0.167. The molecule has 7 N–H and O–H groups in total. The normalized spacial score (nSPS) is 16.6. The number of allylic oxidation sites excluding steroid dienone is 1. The van der Waals surface area contributed by atoms with Crippen molar-refractivity contribution in [2.24, 2.45) is 23.1 Å². The van der Waals surface area contributed by atoms with Gasteiger partial charge in [0.25, 0.3) is 0 Å². The van der Waals surface area contributed by atoms with E-state index in [0.29, 0.717) is 6.42 Å². The minimum atomic E-state index is -1.82. The summed E-state index contributed by atoms with van der Waals surface area (Å²) < 4.78 is 4.46. The number of ether oxygens (including phenoxy) is 1. The monoisotopic (exact) mass is 259 g/mol. The Morgan fingerprint density at radius 3 is 2.33 bits per heavy atom. The molecule has 0 aliphatic rings. The molecule has 0 fully saturated rings. The zero-order valence-electron chi connectivity index (χ0n) is 10.6. The van der Waals surface area contributed by atoms with Crippen LogP contribution >= 0.6 is 0 Å². The van der Waals surface area contributed by atoms with E-state index in [4.69, 9.17) is 22.3 Å². The first-order valence-electron chi connectivity index (χ1n) is 5.53. The van der Waals surface area contributed by atoms with E-state index in [9.17, 15) is 9.59 Å². The van der Waals surface area contributed by atoms with Gasteiger partial charge in [0, 0.05) is 5.92 Å². The Hall–Kier alpha value is -1.28. The van der Waals surface area contributed by atoms with Crippen molar-refractivity contribution in [3.05, 3.63) is 12.7 Å². The number of esters is 2. The van der Waals surface area contributed by atoms with Gasteiger partial charge in [0.1, 0.15) is 6.04 Å². The van der Waals surface area contributed by atoms with Crippen LogP contribution in [0, 0.1) is 5.92 Å². The minimum absolute atomic E-state index is 0.388. The van der Waals surface area contributed by atoms with Gasteiger partial charge in [0.2, 0.25) is 0 Å². The highest BCUT2D eigenvalue weighted by Crippen LogP contribution is 2.15. The molecule has 0 aromatic carbocycles. The quantitative estimate of drug-likeness (QED) is 0.199. The number of nitrogens with two attached hydrogens (primary N) is 3. The molecule has 0 aliphatic heterocycles. The molecule has 3 atom stereocenters. The Balaban J connectivity index is 4.66. The molecule has 0 amide bonds. The van der Waals surface area contributed by atoms with Crippen molar-refractivity contribution in [2.45, 2.75) is 38.1 Å². The van der Waals surface area contributed by atoms with Crippen molar-refractivity contribution in [3.8, 4) is 0 Å². The van der Waals surface area contributed by atoms with Gasteiger partial charge in [0.05, 0.1) is 6.10 Å². The molecule has 0 saturated carbocycles. The number of carbonyl (C=O) groups is 2. The van der Waals surface area contributed by atoms with Gasteiger partial charge < -0.3 is 27.0 Å². The molecule has 0 aliphatic carbocycles. The van der Waals surface area contributed by atoms with Crippen molar-refractivity contribution in [1.82, 2.24) is 0 Å². The van der Waals surface area contributed by atoms with Crippen molar-refractivity contribution < 1.29 is 19.4 Å². The molecule has 0 bridgehead atoms. The fourth-order valence-corrected chi connectivity index (χ4v) is 1.09.